The first-order valence-corrected chi connectivity index (χ1v) is 9.61. The lowest BCUT2D eigenvalue weighted by atomic mass is 10.0. The Kier molecular flexibility index (Phi) is 6.96. The van der Waals surface area contributed by atoms with Crippen LogP contribution in [-0.4, -0.2) is 11.0 Å². The molecule has 0 spiro atoms. The summed E-state index contributed by atoms with van der Waals surface area (Å²) in [6.07, 6.45) is -8.50. The van der Waals surface area contributed by atoms with Crippen molar-refractivity contribution in [1.82, 2.24) is 5.32 Å². The van der Waals surface area contributed by atoms with E-state index in [9.17, 15) is 31.1 Å². The molecule has 12 heteroatoms. The fourth-order valence-electron chi connectivity index (χ4n) is 2.72. The number of rotatable bonds is 5. The number of halogens is 6. The summed E-state index contributed by atoms with van der Waals surface area (Å²) in [6.45, 7) is -0.365. The third kappa shape index (κ3) is 6.72. The van der Waals surface area contributed by atoms with E-state index in [-0.39, 0.29) is 29.0 Å². The Hall–Kier alpha value is -3.54. The Bertz CT molecular complexity index is 1090. The number of thiocarbonyl (C=S) groups is 1. The van der Waals surface area contributed by atoms with E-state index in [1.807, 2.05) is 0 Å². The lowest BCUT2D eigenvalue weighted by Crippen LogP contribution is -2.28. The van der Waals surface area contributed by atoms with E-state index in [4.69, 9.17) is 16.6 Å². The van der Waals surface area contributed by atoms with Crippen LogP contribution in [0, 0.1) is 0 Å². The van der Waals surface area contributed by atoms with E-state index < -0.39 is 29.4 Å². The smallest absolute Gasteiger partial charge is 0.416 e. The summed E-state index contributed by atoms with van der Waals surface area (Å²) in [6, 6.07) is 10.6. The van der Waals surface area contributed by atoms with Gasteiger partial charge in [0.05, 0.1) is 17.4 Å². The highest BCUT2D eigenvalue weighted by molar-refractivity contribution is 7.80. The molecule has 0 atom stereocenters. The lowest BCUT2D eigenvalue weighted by Gasteiger charge is -2.15. The molecule has 0 unspecified atom stereocenters. The number of hydrogen-bond donors (Lipinski definition) is 3. The second kappa shape index (κ2) is 9.53. The second-order valence-corrected chi connectivity index (χ2v) is 7.14. The van der Waals surface area contributed by atoms with Gasteiger partial charge < -0.3 is 20.4 Å². The van der Waals surface area contributed by atoms with Gasteiger partial charge in [0.15, 0.2) is 10.9 Å². The van der Waals surface area contributed by atoms with Crippen molar-refractivity contribution >= 4 is 34.6 Å². The quantitative estimate of drug-likeness (QED) is 0.302. The number of anilines is 2. The highest BCUT2D eigenvalue weighted by Crippen LogP contribution is 2.36. The molecule has 0 saturated heterocycles. The molecule has 3 N–H and O–H groups in total. The monoisotopic (exact) mass is 487 g/mol. The topological polar surface area (TPSA) is 66.3 Å². The van der Waals surface area contributed by atoms with Gasteiger partial charge in [-0.2, -0.15) is 26.3 Å². The number of furan rings is 1. The number of alkyl halides is 6. The van der Waals surface area contributed by atoms with Crippen molar-refractivity contribution in [3.05, 3.63) is 83.3 Å². The van der Waals surface area contributed by atoms with Gasteiger partial charge in [-0.3, -0.25) is 4.79 Å². The molecule has 1 heterocycles. The van der Waals surface area contributed by atoms with Gasteiger partial charge in [0.1, 0.15) is 0 Å². The summed E-state index contributed by atoms with van der Waals surface area (Å²) in [5.74, 6) is -0.317. The van der Waals surface area contributed by atoms with E-state index in [1.165, 1.54) is 12.3 Å². The summed E-state index contributed by atoms with van der Waals surface area (Å²) in [5.41, 5.74) is -2.11. The number of carbonyl (C=O) groups is 1. The molecule has 33 heavy (non-hydrogen) atoms. The van der Waals surface area contributed by atoms with E-state index in [0.717, 1.165) is 0 Å². The fraction of sp³-hybridized carbons (Fsp3) is 0.143. The maximum absolute atomic E-state index is 13.0. The summed E-state index contributed by atoms with van der Waals surface area (Å²) in [7, 11) is 0. The lowest BCUT2D eigenvalue weighted by molar-refractivity contribution is -0.143. The minimum atomic E-state index is -4.93. The first-order valence-electron chi connectivity index (χ1n) is 9.20. The molecule has 3 aromatic rings. The van der Waals surface area contributed by atoms with Crippen molar-refractivity contribution in [2.45, 2.75) is 18.9 Å². The van der Waals surface area contributed by atoms with E-state index in [2.05, 4.69) is 16.0 Å². The Morgan fingerprint density at radius 3 is 1.88 bits per heavy atom. The van der Waals surface area contributed by atoms with Crippen molar-refractivity contribution < 1.29 is 35.6 Å². The molecule has 5 nitrogen and oxygen atoms in total. The third-order valence-electron chi connectivity index (χ3n) is 4.25. The second-order valence-electron chi connectivity index (χ2n) is 6.73. The summed E-state index contributed by atoms with van der Waals surface area (Å²) >= 11 is 5.06. The molecule has 1 aromatic heterocycles. The Labute approximate surface area is 188 Å². The molecule has 0 aliphatic rings. The fourth-order valence-corrected chi connectivity index (χ4v) is 2.91. The molecule has 174 valence electrons. The van der Waals surface area contributed by atoms with Crippen LogP contribution < -0.4 is 16.0 Å². The molecule has 1 amide bonds. The third-order valence-corrected chi connectivity index (χ3v) is 4.49. The average molecular weight is 487 g/mol. The van der Waals surface area contributed by atoms with Crippen LogP contribution in [-0.2, 0) is 18.9 Å². The van der Waals surface area contributed by atoms with Gasteiger partial charge >= 0.3 is 12.4 Å². The van der Waals surface area contributed by atoms with Gasteiger partial charge in [-0.05, 0) is 72.4 Å². The van der Waals surface area contributed by atoms with Gasteiger partial charge in [0.25, 0.3) is 5.91 Å². The first-order chi connectivity index (χ1) is 15.4. The standard InChI is InChI=1S/C21H15F6N3O2S/c22-20(23,24)13-8-12(9-14(10-13)21(25,26)27)11-28-19(33)30-16-5-3-15(4-6-16)29-18(31)17-2-1-7-32-17/h1-10H,11H2,(H,29,31)(H2,28,30,33). The highest BCUT2D eigenvalue weighted by Gasteiger charge is 2.36. The molecular formula is C21H15F6N3O2S. The van der Waals surface area contributed by atoms with Crippen LogP contribution in [0.5, 0.6) is 0 Å². The maximum atomic E-state index is 13.0. The van der Waals surface area contributed by atoms with Crippen LogP contribution >= 0.6 is 12.2 Å². The van der Waals surface area contributed by atoms with E-state index >= 15 is 0 Å². The van der Waals surface area contributed by atoms with Crippen LogP contribution in [0.1, 0.15) is 27.2 Å². The van der Waals surface area contributed by atoms with E-state index in [1.54, 1.807) is 30.3 Å². The van der Waals surface area contributed by atoms with Crippen LogP contribution in [0.2, 0.25) is 0 Å². The van der Waals surface area contributed by atoms with Gasteiger partial charge in [0, 0.05) is 17.9 Å². The predicted octanol–water partition coefficient (Wildman–Crippen LogP) is 6.06. The number of amides is 1. The van der Waals surface area contributed by atoms with Crippen LogP contribution in [0.3, 0.4) is 0 Å². The summed E-state index contributed by atoms with van der Waals surface area (Å²) < 4.78 is 82.7. The van der Waals surface area contributed by atoms with Gasteiger partial charge in [0.2, 0.25) is 0 Å². The molecule has 0 aliphatic heterocycles. The number of nitrogens with one attached hydrogen (secondary N) is 3. The van der Waals surface area contributed by atoms with Crippen molar-refractivity contribution in [2.24, 2.45) is 0 Å². The minimum Gasteiger partial charge on any atom is -0.459 e. The zero-order valence-corrected chi connectivity index (χ0v) is 17.3. The Morgan fingerprint density at radius 1 is 0.848 bits per heavy atom. The molecule has 0 aliphatic carbocycles. The van der Waals surface area contributed by atoms with Crippen LogP contribution in [0.4, 0.5) is 37.7 Å². The van der Waals surface area contributed by atoms with Crippen LogP contribution in [0.15, 0.2) is 65.3 Å². The van der Waals surface area contributed by atoms with Crippen molar-refractivity contribution in [3.63, 3.8) is 0 Å². The SMILES string of the molecule is O=C(Nc1ccc(NC(=S)NCc2cc(C(F)(F)F)cc(C(F)(F)F)c2)cc1)c1ccco1. The Morgan fingerprint density at radius 2 is 1.39 bits per heavy atom. The summed E-state index contributed by atoms with van der Waals surface area (Å²) in [4.78, 5) is 11.9. The minimum absolute atomic E-state index is 0.0201. The average Bonchev–Trinajstić information content (AvgIpc) is 3.27. The highest BCUT2D eigenvalue weighted by atomic mass is 32.1. The maximum Gasteiger partial charge on any atom is 0.416 e. The largest absolute Gasteiger partial charge is 0.459 e. The predicted molar refractivity (Wildman–Crippen MR) is 113 cm³/mol. The zero-order chi connectivity index (χ0) is 24.2. The number of carbonyl (C=O) groups excluding carboxylic acids is 1. The van der Waals surface area contributed by atoms with Crippen LogP contribution in [0.25, 0.3) is 0 Å². The van der Waals surface area contributed by atoms with Crippen molar-refractivity contribution in [2.75, 3.05) is 10.6 Å². The van der Waals surface area contributed by atoms with Crippen molar-refractivity contribution in [3.8, 4) is 0 Å². The molecule has 0 radical (unpaired) electrons. The van der Waals surface area contributed by atoms with Gasteiger partial charge in [-0.1, -0.05) is 0 Å². The molecule has 0 fully saturated rings. The summed E-state index contributed by atoms with van der Waals surface area (Å²) in [5, 5.41) is 7.92. The van der Waals surface area contributed by atoms with Gasteiger partial charge in [-0.25, -0.2) is 0 Å². The number of hydrogen-bond acceptors (Lipinski definition) is 3. The molecule has 0 bridgehead atoms. The van der Waals surface area contributed by atoms with Gasteiger partial charge in [-0.15, -0.1) is 0 Å². The van der Waals surface area contributed by atoms with E-state index in [0.29, 0.717) is 23.5 Å². The Balaban J connectivity index is 1.60. The normalized spacial score (nSPS) is 11.7. The first kappa shape index (κ1) is 24.1. The number of benzene rings is 2. The zero-order valence-electron chi connectivity index (χ0n) is 16.5. The molecule has 3 rings (SSSR count). The van der Waals surface area contributed by atoms with Crippen molar-refractivity contribution in [1.29, 1.82) is 0 Å². The molecule has 0 saturated carbocycles. The molecule has 2 aromatic carbocycles. The molecular weight excluding hydrogens is 472 g/mol.